The van der Waals surface area contributed by atoms with Crippen LogP contribution in [0.3, 0.4) is 0 Å². The first-order valence-corrected chi connectivity index (χ1v) is 7.81. The molecule has 1 aliphatic carbocycles. The molecule has 0 radical (unpaired) electrons. The molecule has 0 amide bonds. The number of halogens is 1. The van der Waals surface area contributed by atoms with Crippen LogP contribution in [0.2, 0.25) is 5.02 Å². The molecule has 21 heavy (non-hydrogen) atoms. The van der Waals surface area contributed by atoms with E-state index < -0.39 is 0 Å². The summed E-state index contributed by atoms with van der Waals surface area (Å²) in [5.74, 6) is 0.820. The lowest BCUT2D eigenvalue weighted by molar-refractivity contribution is 1.08. The van der Waals surface area contributed by atoms with Crippen molar-refractivity contribution >= 4 is 23.0 Å². The number of nitrogens with one attached hydrogen (secondary N) is 1. The monoisotopic (exact) mass is 300 g/mol. The summed E-state index contributed by atoms with van der Waals surface area (Å²) in [6.07, 6.45) is 2.71. The van der Waals surface area contributed by atoms with Crippen LogP contribution < -0.4 is 10.2 Å². The topological polar surface area (TPSA) is 15.3 Å². The molecule has 0 atom stereocenters. The molecule has 2 nitrogen and oxygen atoms in total. The summed E-state index contributed by atoms with van der Waals surface area (Å²) in [7, 11) is 4.02. The number of hydrogen-bond acceptors (Lipinski definition) is 2. The first-order chi connectivity index (χ1) is 10.1. The number of nitrogens with zero attached hydrogens (tertiary/aromatic N) is 1. The number of para-hydroxylation sites is 1. The van der Waals surface area contributed by atoms with Crippen molar-refractivity contribution < 1.29 is 0 Å². The molecule has 1 fully saturated rings. The van der Waals surface area contributed by atoms with E-state index in [0.717, 1.165) is 28.9 Å². The van der Waals surface area contributed by atoms with Crippen molar-refractivity contribution in [3.05, 3.63) is 58.6 Å². The van der Waals surface area contributed by atoms with Gasteiger partial charge in [0.15, 0.2) is 0 Å². The van der Waals surface area contributed by atoms with Crippen LogP contribution in [0.15, 0.2) is 42.5 Å². The van der Waals surface area contributed by atoms with E-state index in [4.69, 9.17) is 11.6 Å². The SMILES string of the molecule is CN(C)c1c(Cl)cccc1NCc1ccc(C2CC2)cc1. The van der Waals surface area contributed by atoms with Gasteiger partial charge in [-0.3, -0.25) is 0 Å². The predicted octanol–water partition coefficient (Wildman–Crippen LogP) is 4.90. The molecule has 110 valence electrons. The Morgan fingerprint density at radius 1 is 1.10 bits per heavy atom. The zero-order chi connectivity index (χ0) is 14.8. The lowest BCUT2D eigenvalue weighted by Crippen LogP contribution is -2.12. The summed E-state index contributed by atoms with van der Waals surface area (Å²) in [4.78, 5) is 2.04. The van der Waals surface area contributed by atoms with Crippen molar-refractivity contribution in [3.63, 3.8) is 0 Å². The van der Waals surface area contributed by atoms with Gasteiger partial charge in [0, 0.05) is 20.6 Å². The molecular weight excluding hydrogens is 280 g/mol. The van der Waals surface area contributed by atoms with Crippen molar-refractivity contribution in [3.8, 4) is 0 Å². The second kappa shape index (κ2) is 5.98. The zero-order valence-corrected chi connectivity index (χ0v) is 13.3. The Balaban J connectivity index is 1.71. The van der Waals surface area contributed by atoms with E-state index in [-0.39, 0.29) is 0 Å². The number of anilines is 2. The van der Waals surface area contributed by atoms with E-state index in [0.29, 0.717) is 0 Å². The second-order valence-electron chi connectivity index (χ2n) is 5.90. The zero-order valence-electron chi connectivity index (χ0n) is 12.6. The fourth-order valence-electron chi connectivity index (χ4n) is 2.63. The van der Waals surface area contributed by atoms with Gasteiger partial charge >= 0.3 is 0 Å². The first kappa shape index (κ1) is 14.3. The standard InChI is InChI=1S/C18H21ClN2/c1-21(2)18-16(19)4-3-5-17(18)20-12-13-6-8-14(9-7-13)15-10-11-15/h3-9,15,20H,10-12H2,1-2H3. The molecule has 0 aliphatic heterocycles. The van der Waals surface area contributed by atoms with E-state index in [1.54, 1.807) is 0 Å². The number of benzene rings is 2. The maximum absolute atomic E-state index is 6.29. The van der Waals surface area contributed by atoms with Gasteiger partial charge in [-0.2, -0.15) is 0 Å². The van der Waals surface area contributed by atoms with E-state index in [1.165, 1.54) is 24.0 Å². The van der Waals surface area contributed by atoms with E-state index in [9.17, 15) is 0 Å². The minimum Gasteiger partial charge on any atom is -0.379 e. The molecule has 2 aromatic rings. The average Bonchev–Trinajstić information content (AvgIpc) is 3.30. The number of hydrogen-bond donors (Lipinski definition) is 1. The highest BCUT2D eigenvalue weighted by atomic mass is 35.5. The van der Waals surface area contributed by atoms with Crippen molar-refractivity contribution in [1.29, 1.82) is 0 Å². The Morgan fingerprint density at radius 2 is 1.81 bits per heavy atom. The minimum absolute atomic E-state index is 0.772. The van der Waals surface area contributed by atoms with Gasteiger partial charge < -0.3 is 10.2 Å². The maximum Gasteiger partial charge on any atom is 0.0786 e. The van der Waals surface area contributed by atoms with Gasteiger partial charge in [-0.25, -0.2) is 0 Å². The molecule has 1 aliphatic rings. The van der Waals surface area contributed by atoms with Crippen LogP contribution in [0.25, 0.3) is 0 Å². The van der Waals surface area contributed by atoms with Gasteiger partial charge in [0.05, 0.1) is 16.4 Å². The van der Waals surface area contributed by atoms with Gasteiger partial charge in [0.25, 0.3) is 0 Å². The van der Waals surface area contributed by atoms with Crippen LogP contribution >= 0.6 is 11.6 Å². The van der Waals surface area contributed by atoms with E-state index in [1.807, 2.05) is 31.1 Å². The Morgan fingerprint density at radius 3 is 2.43 bits per heavy atom. The maximum atomic E-state index is 6.29. The van der Waals surface area contributed by atoms with Gasteiger partial charge in [-0.05, 0) is 42.0 Å². The molecule has 2 aromatic carbocycles. The van der Waals surface area contributed by atoms with Gasteiger partial charge in [-0.1, -0.05) is 41.9 Å². The molecular formula is C18H21ClN2. The van der Waals surface area contributed by atoms with E-state index >= 15 is 0 Å². The highest BCUT2D eigenvalue weighted by Crippen LogP contribution is 2.40. The smallest absolute Gasteiger partial charge is 0.0786 e. The summed E-state index contributed by atoms with van der Waals surface area (Å²) < 4.78 is 0. The highest BCUT2D eigenvalue weighted by molar-refractivity contribution is 6.34. The summed E-state index contributed by atoms with van der Waals surface area (Å²) in [6, 6.07) is 14.9. The van der Waals surface area contributed by atoms with Gasteiger partial charge in [0.1, 0.15) is 0 Å². The van der Waals surface area contributed by atoms with Crippen LogP contribution in [0.5, 0.6) is 0 Å². The molecule has 0 aromatic heterocycles. The highest BCUT2D eigenvalue weighted by Gasteiger charge is 2.22. The normalized spacial score (nSPS) is 14.0. The molecule has 0 heterocycles. The van der Waals surface area contributed by atoms with E-state index in [2.05, 4.69) is 35.6 Å². The molecule has 0 spiro atoms. The Bertz CT molecular complexity index is 616. The van der Waals surface area contributed by atoms with Crippen LogP contribution in [-0.2, 0) is 6.54 Å². The Hall–Kier alpha value is -1.67. The van der Waals surface area contributed by atoms with Crippen molar-refractivity contribution in [2.75, 3.05) is 24.3 Å². The third-order valence-electron chi connectivity index (χ3n) is 3.95. The largest absolute Gasteiger partial charge is 0.379 e. The van der Waals surface area contributed by atoms with Crippen LogP contribution in [0, 0.1) is 0 Å². The van der Waals surface area contributed by atoms with Gasteiger partial charge in [-0.15, -0.1) is 0 Å². The van der Waals surface area contributed by atoms with Gasteiger partial charge in [0.2, 0.25) is 0 Å². The molecule has 3 heteroatoms. The summed E-state index contributed by atoms with van der Waals surface area (Å²) in [6.45, 7) is 0.812. The third kappa shape index (κ3) is 3.33. The fourth-order valence-corrected chi connectivity index (χ4v) is 2.98. The Labute approximate surface area is 131 Å². The summed E-state index contributed by atoms with van der Waals surface area (Å²) >= 11 is 6.29. The summed E-state index contributed by atoms with van der Waals surface area (Å²) in [5, 5.41) is 4.26. The average molecular weight is 301 g/mol. The Kier molecular flexibility index (Phi) is 4.07. The third-order valence-corrected chi connectivity index (χ3v) is 4.25. The lowest BCUT2D eigenvalue weighted by Gasteiger charge is -2.20. The lowest BCUT2D eigenvalue weighted by atomic mass is 10.1. The van der Waals surface area contributed by atoms with Crippen molar-refractivity contribution in [2.24, 2.45) is 0 Å². The van der Waals surface area contributed by atoms with Crippen molar-refractivity contribution in [2.45, 2.75) is 25.3 Å². The quantitative estimate of drug-likeness (QED) is 0.845. The molecule has 3 rings (SSSR count). The minimum atomic E-state index is 0.772. The van der Waals surface area contributed by atoms with Crippen molar-refractivity contribution in [1.82, 2.24) is 0 Å². The molecule has 0 unspecified atom stereocenters. The number of rotatable bonds is 5. The fraction of sp³-hybridized carbons (Fsp3) is 0.333. The summed E-state index contributed by atoms with van der Waals surface area (Å²) in [5.41, 5.74) is 4.88. The molecule has 1 N–H and O–H groups in total. The first-order valence-electron chi connectivity index (χ1n) is 7.43. The van der Waals surface area contributed by atoms with Crippen LogP contribution in [0.4, 0.5) is 11.4 Å². The predicted molar refractivity (Wildman–Crippen MR) is 91.5 cm³/mol. The van der Waals surface area contributed by atoms with Crippen LogP contribution in [-0.4, -0.2) is 14.1 Å². The van der Waals surface area contributed by atoms with Crippen LogP contribution in [0.1, 0.15) is 29.9 Å². The second-order valence-corrected chi connectivity index (χ2v) is 6.31. The molecule has 0 saturated heterocycles. The molecule has 0 bridgehead atoms. The molecule has 1 saturated carbocycles.